The molecule has 2 rings (SSSR count). The molecule has 1 heterocycles. The average Bonchev–Trinajstić information content (AvgIpc) is 2.91. The smallest absolute Gasteiger partial charge is 0.250 e. The van der Waals surface area contributed by atoms with E-state index in [0.29, 0.717) is 17.1 Å². The summed E-state index contributed by atoms with van der Waals surface area (Å²) in [5.41, 5.74) is 11.8. The molecule has 0 saturated carbocycles. The molecule has 0 fully saturated rings. The average molecular weight is 351 g/mol. The van der Waals surface area contributed by atoms with Gasteiger partial charge in [0.2, 0.25) is 5.91 Å². The van der Waals surface area contributed by atoms with E-state index in [1.165, 1.54) is 17.6 Å². The predicted molar refractivity (Wildman–Crippen MR) is 91.9 cm³/mol. The third-order valence-corrected chi connectivity index (χ3v) is 4.14. The van der Waals surface area contributed by atoms with Crippen molar-refractivity contribution in [2.24, 2.45) is 11.5 Å². The zero-order chi connectivity index (χ0) is 17.9. The molecule has 0 aliphatic carbocycles. The molecular formula is C15H18FN5O2S. The number of nitrogens with zero attached hydrogens (tertiary/aromatic N) is 1. The summed E-state index contributed by atoms with van der Waals surface area (Å²) in [6, 6.07) is 3.46. The number of hydrogen-bond donors (Lipinski definition) is 4. The van der Waals surface area contributed by atoms with Crippen LogP contribution in [0.1, 0.15) is 29.4 Å². The Kier molecular flexibility index (Phi) is 5.35. The van der Waals surface area contributed by atoms with Crippen LogP contribution in [0.25, 0.3) is 0 Å². The fraction of sp³-hybridized carbons (Fsp3) is 0.267. The molecule has 0 aliphatic rings. The zero-order valence-corrected chi connectivity index (χ0v) is 14.0. The molecule has 0 spiro atoms. The number of nitrogens with two attached hydrogens (primary N) is 2. The summed E-state index contributed by atoms with van der Waals surface area (Å²) in [5, 5.41) is 6.41. The van der Waals surface area contributed by atoms with Gasteiger partial charge in [0, 0.05) is 0 Å². The standard InChI is InChI=1S/C15H18FN5O2S/c1-3-10(15(18)23)19-12-6-11(8(14(17)22)5-9(12)16)20-13-4-7(2)21-24-13/h4-6,10,19-20H,3H2,1-2H3,(H2,17,22)(H2,18,23)/t10-/m1/s1. The maximum absolute atomic E-state index is 14.2. The van der Waals surface area contributed by atoms with Crippen molar-refractivity contribution in [2.75, 3.05) is 10.6 Å². The van der Waals surface area contributed by atoms with Crippen LogP contribution in [0, 0.1) is 12.7 Å². The first-order valence-electron chi connectivity index (χ1n) is 7.21. The van der Waals surface area contributed by atoms with Crippen molar-refractivity contribution in [2.45, 2.75) is 26.3 Å². The van der Waals surface area contributed by atoms with Gasteiger partial charge in [0.1, 0.15) is 16.9 Å². The molecule has 1 atom stereocenters. The summed E-state index contributed by atoms with van der Waals surface area (Å²) in [6.45, 7) is 3.57. The van der Waals surface area contributed by atoms with Gasteiger partial charge >= 0.3 is 0 Å². The maximum atomic E-state index is 14.2. The molecule has 128 valence electrons. The molecule has 9 heteroatoms. The highest BCUT2D eigenvalue weighted by Gasteiger charge is 2.19. The van der Waals surface area contributed by atoms with Crippen molar-refractivity contribution >= 4 is 39.7 Å². The number of primary amides is 2. The predicted octanol–water partition coefficient (Wildman–Crippen LogP) is 2.11. The van der Waals surface area contributed by atoms with Crippen LogP contribution < -0.4 is 22.1 Å². The van der Waals surface area contributed by atoms with E-state index in [2.05, 4.69) is 15.0 Å². The lowest BCUT2D eigenvalue weighted by atomic mass is 10.1. The Morgan fingerprint density at radius 1 is 1.29 bits per heavy atom. The summed E-state index contributed by atoms with van der Waals surface area (Å²) < 4.78 is 18.4. The molecule has 2 amide bonds. The quantitative estimate of drug-likeness (QED) is 0.608. The normalized spacial score (nSPS) is 11.8. The summed E-state index contributed by atoms with van der Waals surface area (Å²) in [7, 11) is 0. The van der Waals surface area contributed by atoms with Crippen LogP contribution in [-0.4, -0.2) is 22.2 Å². The number of carbonyl (C=O) groups is 2. The van der Waals surface area contributed by atoms with Gasteiger partial charge in [-0.3, -0.25) is 9.59 Å². The Morgan fingerprint density at radius 3 is 2.50 bits per heavy atom. The molecule has 0 unspecified atom stereocenters. The highest BCUT2D eigenvalue weighted by Crippen LogP contribution is 2.29. The molecule has 1 aromatic heterocycles. The van der Waals surface area contributed by atoms with E-state index >= 15 is 0 Å². The SMILES string of the molecule is CC[C@@H](Nc1cc(Nc2cc(C)ns2)c(C(N)=O)cc1F)C(N)=O. The zero-order valence-electron chi connectivity index (χ0n) is 13.2. The maximum Gasteiger partial charge on any atom is 0.250 e. The number of anilines is 3. The number of benzene rings is 1. The second-order valence-electron chi connectivity index (χ2n) is 5.21. The molecule has 0 saturated heterocycles. The van der Waals surface area contributed by atoms with Crippen LogP contribution in [0.2, 0.25) is 0 Å². The number of aromatic nitrogens is 1. The van der Waals surface area contributed by atoms with E-state index in [9.17, 15) is 14.0 Å². The third-order valence-electron chi connectivity index (χ3n) is 3.34. The third kappa shape index (κ3) is 3.99. The minimum atomic E-state index is -0.772. The van der Waals surface area contributed by atoms with E-state index in [4.69, 9.17) is 11.5 Å². The van der Waals surface area contributed by atoms with Gasteiger partial charge in [-0.25, -0.2) is 4.39 Å². The molecule has 7 nitrogen and oxygen atoms in total. The van der Waals surface area contributed by atoms with Gasteiger partial charge in [0.05, 0.1) is 22.6 Å². The monoisotopic (exact) mass is 351 g/mol. The van der Waals surface area contributed by atoms with Crippen LogP contribution in [0.3, 0.4) is 0 Å². The van der Waals surface area contributed by atoms with Gasteiger partial charge in [-0.05, 0) is 43.1 Å². The summed E-state index contributed by atoms with van der Waals surface area (Å²) in [6.07, 6.45) is 0.392. The van der Waals surface area contributed by atoms with Crippen molar-refractivity contribution in [1.29, 1.82) is 0 Å². The summed E-state index contributed by atoms with van der Waals surface area (Å²) >= 11 is 1.20. The molecule has 1 aromatic carbocycles. The Balaban J connectivity index is 2.41. The lowest BCUT2D eigenvalue weighted by Crippen LogP contribution is -2.35. The van der Waals surface area contributed by atoms with Crippen molar-refractivity contribution in [3.8, 4) is 0 Å². The van der Waals surface area contributed by atoms with Gasteiger partial charge in [0.25, 0.3) is 5.91 Å². The Hall–Kier alpha value is -2.68. The number of rotatable bonds is 7. The number of aryl methyl sites for hydroxylation is 1. The molecule has 24 heavy (non-hydrogen) atoms. The largest absolute Gasteiger partial charge is 0.371 e. The fourth-order valence-electron chi connectivity index (χ4n) is 2.11. The second-order valence-corrected chi connectivity index (χ2v) is 6.01. The van der Waals surface area contributed by atoms with Gasteiger partial charge < -0.3 is 22.1 Å². The number of carbonyl (C=O) groups excluding carboxylic acids is 2. The summed E-state index contributed by atoms with van der Waals surface area (Å²) in [5.74, 6) is -2.07. The molecule has 2 aromatic rings. The van der Waals surface area contributed by atoms with E-state index in [1.54, 1.807) is 13.0 Å². The Morgan fingerprint density at radius 2 is 2.00 bits per heavy atom. The van der Waals surface area contributed by atoms with Crippen LogP contribution in [0.5, 0.6) is 0 Å². The lowest BCUT2D eigenvalue weighted by Gasteiger charge is -2.17. The number of halogens is 1. The van der Waals surface area contributed by atoms with E-state index in [-0.39, 0.29) is 11.3 Å². The van der Waals surface area contributed by atoms with Crippen LogP contribution in [0.15, 0.2) is 18.2 Å². The van der Waals surface area contributed by atoms with Crippen LogP contribution in [-0.2, 0) is 4.79 Å². The summed E-state index contributed by atoms with van der Waals surface area (Å²) in [4.78, 5) is 22.9. The minimum absolute atomic E-state index is 0.00349. The van der Waals surface area contributed by atoms with Gasteiger partial charge in [-0.1, -0.05) is 6.92 Å². The number of hydrogen-bond acceptors (Lipinski definition) is 6. The van der Waals surface area contributed by atoms with Gasteiger partial charge in [-0.2, -0.15) is 4.37 Å². The minimum Gasteiger partial charge on any atom is -0.371 e. The Labute approximate surface area is 142 Å². The van der Waals surface area contributed by atoms with Crippen molar-refractivity contribution in [3.05, 3.63) is 35.3 Å². The molecule has 0 radical (unpaired) electrons. The van der Waals surface area contributed by atoms with Crippen molar-refractivity contribution in [3.63, 3.8) is 0 Å². The fourth-order valence-corrected chi connectivity index (χ4v) is 2.78. The van der Waals surface area contributed by atoms with Crippen LogP contribution in [0.4, 0.5) is 20.8 Å². The molecule has 6 N–H and O–H groups in total. The first kappa shape index (κ1) is 17.7. The number of nitrogens with one attached hydrogen (secondary N) is 2. The van der Waals surface area contributed by atoms with Crippen molar-refractivity contribution in [1.82, 2.24) is 4.37 Å². The van der Waals surface area contributed by atoms with E-state index in [1.807, 2.05) is 6.92 Å². The molecular weight excluding hydrogens is 333 g/mol. The first-order chi connectivity index (χ1) is 11.3. The highest BCUT2D eigenvalue weighted by atomic mass is 32.1. The van der Waals surface area contributed by atoms with E-state index in [0.717, 1.165) is 11.8 Å². The Bertz CT molecular complexity index is 777. The van der Waals surface area contributed by atoms with Crippen LogP contribution >= 0.6 is 11.5 Å². The van der Waals surface area contributed by atoms with Crippen molar-refractivity contribution < 1.29 is 14.0 Å². The number of amides is 2. The second kappa shape index (κ2) is 7.26. The van der Waals surface area contributed by atoms with Gasteiger partial charge in [-0.15, -0.1) is 0 Å². The molecule has 0 bridgehead atoms. The lowest BCUT2D eigenvalue weighted by molar-refractivity contribution is -0.118. The topological polar surface area (TPSA) is 123 Å². The van der Waals surface area contributed by atoms with Gasteiger partial charge in [0.15, 0.2) is 0 Å². The first-order valence-corrected chi connectivity index (χ1v) is 7.98. The molecule has 0 aliphatic heterocycles. The highest BCUT2D eigenvalue weighted by molar-refractivity contribution is 7.10. The van der Waals surface area contributed by atoms with E-state index < -0.39 is 23.7 Å².